The molecule has 5 nitrogen and oxygen atoms in total. The second kappa shape index (κ2) is 9.92. The van der Waals surface area contributed by atoms with E-state index in [2.05, 4.69) is 15.9 Å². The third kappa shape index (κ3) is 7.06. The Hall–Kier alpha value is -0.0610. The molecule has 0 saturated heterocycles. The zero-order valence-electron chi connectivity index (χ0n) is 10.3. The Balaban J connectivity index is 4.31. The van der Waals surface area contributed by atoms with E-state index in [-0.39, 0.29) is 15.0 Å². The summed E-state index contributed by atoms with van der Waals surface area (Å²) in [6.07, 6.45) is -0.446. The fraction of sp³-hybridized carbons (Fsp3) is 0.800. The Morgan fingerprint density at radius 2 is 2.00 bits per heavy atom. The fourth-order valence-corrected chi connectivity index (χ4v) is 3.10. The van der Waals surface area contributed by atoms with Gasteiger partial charge in [0.2, 0.25) is 0 Å². The molecule has 0 heterocycles. The molecule has 7 heteroatoms. The van der Waals surface area contributed by atoms with Gasteiger partial charge in [-0.2, -0.15) is 0 Å². The summed E-state index contributed by atoms with van der Waals surface area (Å²) < 4.78 is 4.63. The quantitative estimate of drug-likeness (QED) is 0.453. The van der Waals surface area contributed by atoms with Crippen molar-refractivity contribution in [2.75, 3.05) is 7.11 Å². The number of ether oxygens (including phenoxy) is 1. The van der Waals surface area contributed by atoms with Crippen LogP contribution in [0.4, 0.5) is 0 Å². The summed E-state index contributed by atoms with van der Waals surface area (Å²) in [5.74, 6) is 3.09. The standard InChI is InChI=1S/C10H19NO4Se2/c1-15-10(14)7(4-5-16-2)11-9(13)8(12)6-17-3/h7-8,12H,4-6H2,1-3H3,(H,11,13)/t7-,8?/m0/s1. The van der Waals surface area contributed by atoms with Crippen molar-refractivity contribution in [1.29, 1.82) is 0 Å². The molecule has 0 aliphatic carbocycles. The predicted molar refractivity (Wildman–Crippen MR) is 67.4 cm³/mol. The van der Waals surface area contributed by atoms with Crippen LogP contribution in [0.5, 0.6) is 0 Å². The molecule has 0 aliphatic rings. The van der Waals surface area contributed by atoms with Gasteiger partial charge in [-0.15, -0.1) is 0 Å². The van der Waals surface area contributed by atoms with Gasteiger partial charge in [0, 0.05) is 0 Å². The molecule has 2 N–H and O–H groups in total. The SMILES string of the molecule is COC(=O)[C@H](CC[Se]C)NC(=O)C(O)C[Se]C. The first-order chi connectivity index (χ1) is 8.06. The van der Waals surface area contributed by atoms with Gasteiger partial charge in [-0.3, -0.25) is 0 Å². The summed E-state index contributed by atoms with van der Waals surface area (Å²) in [6.45, 7) is 0. The van der Waals surface area contributed by atoms with Crippen LogP contribution < -0.4 is 5.32 Å². The molecule has 0 saturated carbocycles. The molecule has 0 radical (unpaired) electrons. The summed E-state index contributed by atoms with van der Waals surface area (Å²) in [5.41, 5.74) is 0. The topological polar surface area (TPSA) is 75.6 Å². The van der Waals surface area contributed by atoms with Crippen LogP contribution in [0, 0.1) is 0 Å². The molecule has 0 bridgehead atoms. The molecule has 1 unspecified atom stereocenters. The van der Waals surface area contributed by atoms with Crippen LogP contribution in [0.1, 0.15) is 6.42 Å². The number of rotatable bonds is 8. The van der Waals surface area contributed by atoms with Crippen LogP contribution in [0.2, 0.25) is 22.3 Å². The fourth-order valence-electron chi connectivity index (χ4n) is 1.13. The first-order valence-corrected chi connectivity index (χ1v) is 11.0. The van der Waals surface area contributed by atoms with E-state index < -0.39 is 24.0 Å². The molecule has 0 aromatic carbocycles. The molecule has 2 atom stereocenters. The number of hydrogen-bond donors (Lipinski definition) is 2. The van der Waals surface area contributed by atoms with Crippen LogP contribution in [0.15, 0.2) is 0 Å². The molecular weight excluding hydrogens is 356 g/mol. The van der Waals surface area contributed by atoms with Gasteiger partial charge in [0.1, 0.15) is 0 Å². The van der Waals surface area contributed by atoms with Crippen LogP contribution in [-0.4, -0.2) is 66.2 Å². The van der Waals surface area contributed by atoms with Gasteiger partial charge in [0.05, 0.1) is 0 Å². The number of carbonyl (C=O) groups is 2. The maximum absolute atomic E-state index is 11.6. The van der Waals surface area contributed by atoms with E-state index in [9.17, 15) is 14.7 Å². The predicted octanol–water partition coefficient (Wildman–Crippen LogP) is -0.264. The van der Waals surface area contributed by atoms with Crippen molar-refractivity contribution >= 4 is 41.8 Å². The Labute approximate surface area is 114 Å². The Bertz CT molecular complexity index is 250. The summed E-state index contributed by atoms with van der Waals surface area (Å²) in [6, 6.07) is -0.631. The average Bonchev–Trinajstić information content (AvgIpc) is 2.33. The molecular formula is C10H19NO4Se2. The summed E-state index contributed by atoms with van der Waals surface area (Å²) in [7, 11) is 1.30. The van der Waals surface area contributed by atoms with E-state index in [4.69, 9.17) is 0 Å². The number of hydrogen-bond acceptors (Lipinski definition) is 4. The normalized spacial score (nSPS) is 13.9. The minimum atomic E-state index is -1.01. The third-order valence-electron chi connectivity index (χ3n) is 2.04. The minimum absolute atomic E-state index is 0.226. The average molecular weight is 375 g/mol. The van der Waals surface area contributed by atoms with Gasteiger partial charge < -0.3 is 0 Å². The van der Waals surface area contributed by atoms with Crippen molar-refractivity contribution in [1.82, 2.24) is 5.32 Å². The monoisotopic (exact) mass is 377 g/mol. The summed E-state index contributed by atoms with van der Waals surface area (Å²) in [4.78, 5) is 23.0. The Morgan fingerprint density at radius 1 is 1.35 bits per heavy atom. The molecule has 0 fully saturated rings. The Kier molecular flexibility index (Phi) is 9.88. The second-order valence-corrected chi connectivity index (χ2v) is 7.32. The number of nitrogens with one attached hydrogen (secondary N) is 1. The number of aliphatic hydroxyl groups excluding tert-OH is 1. The third-order valence-corrected chi connectivity index (χ3v) is 4.75. The molecule has 0 rings (SSSR count). The van der Waals surface area contributed by atoms with Crippen LogP contribution in [-0.2, 0) is 14.3 Å². The van der Waals surface area contributed by atoms with Gasteiger partial charge in [-0.1, -0.05) is 0 Å². The van der Waals surface area contributed by atoms with Crippen molar-refractivity contribution in [3.05, 3.63) is 0 Å². The molecule has 0 aliphatic heterocycles. The van der Waals surface area contributed by atoms with Gasteiger partial charge in [-0.05, 0) is 0 Å². The number of amides is 1. The van der Waals surface area contributed by atoms with Crippen molar-refractivity contribution < 1.29 is 19.4 Å². The van der Waals surface area contributed by atoms with E-state index in [0.29, 0.717) is 26.7 Å². The molecule has 0 spiro atoms. The first kappa shape index (κ1) is 16.9. The van der Waals surface area contributed by atoms with Crippen LogP contribution >= 0.6 is 0 Å². The molecule has 0 aromatic rings. The van der Waals surface area contributed by atoms with Gasteiger partial charge in [0.15, 0.2) is 0 Å². The van der Waals surface area contributed by atoms with E-state index in [1.54, 1.807) is 0 Å². The van der Waals surface area contributed by atoms with E-state index in [1.165, 1.54) is 7.11 Å². The Morgan fingerprint density at radius 3 is 2.47 bits per heavy atom. The van der Waals surface area contributed by atoms with E-state index in [1.807, 2.05) is 5.82 Å². The van der Waals surface area contributed by atoms with Crippen LogP contribution in [0.3, 0.4) is 0 Å². The maximum atomic E-state index is 11.6. The number of esters is 1. The van der Waals surface area contributed by atoms with E-state index in [0.717, 1.165) is 5.32 Å². The van der Waals surface area contributed by atoms with Crippen LogP contribution in [0.25, 0.3) is 0 Å². The molecule has 0 aromatic heterocycles. The van der Waals surface area contributed by atoms with Crippen molar-refractivity contribution in [3.8, 4) is 0 Å². The number of carbonyl (C=O) groups excluding carboxylic acids is 2. The van der Waals surface area contributed by atoms with Crippen molar-refractivity contribution in [3.63, 3.8) is 0 Å². The molecule has 17 heavy (non-hydrogen) atoms. The molecule has 100 valence electrons. The second-order valence-electron chi connectivity index (χ2n) is 3.34. The zero-order chi connectivity index (χ0) is 13.3. The zero-order valence-corrected chi connectivity index (χ0v) is 13.7. The number of methoxy groups -OCH3 is 1. The van der Waals surface area contributed by atoms with Gasteiger partial charge >= 0.3 is 114 Å². The summed E-state index contributed by atoms with van der Waals surface area (Å²) >= 11 is 0.673. The van der Waals surface area contributed by atoms with E-state index >= 15 is 0 Å². The van der Waals surface area contributed by atoms with Gasteiger partial charge in [0.25, 0.3) is 0 Å². The summed E-state index contributed by atoms with van der Waals surface area (Å²) in [5, 5.41) is 13.4. The van der Waals surface area contributed by atoms with Crippen molar-refractivity contribution in [2.24, 2.45) is 0 Å². The van der Waals surface area contributed by atoms with Crippen molar-refractivity contribution in [2.45, 2.75) is 40.8 Å². The number of aliphatic hydroxyl groups is 1. The molecule has 1 amide bonds. The first-order valence-electron chi connectivity index (χ1n) is 5.11. The van der Waals surface area contributed by atoms with Gasteiger partial charge in [-0.25, -0.2) is 0 Å².